The molecule has 0 fully saturated rings. The van der Waals surface area contributed by atoms with E-state index in [1.807, 2.05) is 31.4 Å². The summed E-state index contributed by atoms with van der Waals surface area (Å²) < 4.78 is 1.75. The summed E-state index contributed by atoms with van der Waals surface area (Å²) in [7, 11) is 1.81. The summed E-state index contributed by atoms with van der Waals surface area (Å²) in [5.74, 6) is -1.11. The zero-order valence-electron chi connectivity index (χ0n) is 10.9. The quantitative estimate of drug-likeness (QED) is 0.829. The van der Waals surface area contributed by atoms with E-state index in [0.717, 1.165) is 15.8 Å². The summed E-state index contributed by atoms with van der Waals surface area (Å²) in [4.78, 5) is 24.1. The normalized spacial score (nSPS) is 10.8. The van der Waals surface area contributed by atoms with Crippen molar-refractivity contribution in [3.63, 3.8) is 0 Å². The number of aliphatic carboxylic acids is 1. The lowest BCUT2D eigenvalue weighted by Crippen LogP contribution is -2.24. The number of carbonyl (C=O) groups excluding carboxylic acids is 1. The molecule has 6 heteroatoms. The largest absolute Gasteiger partial charge is 0.478 e. The van der Waals surface area contributed by atoms with Crippen LogP contribution < -0.4 is 5.32 Å². The van der Waals surface area contributed by atoms with Gasteiger partial charge in [-0.3, -0.25) is 4.79 Å². The van der Waals surface area contributed by atoms with Crippen molar-refractivity contribution in [1.82, 2.24) is 9.88 Å². The van der Waals surface area contributed by atoms with Gasteiger partial charge in [-0.15, -0.1) is 11.3 Å². The lowest BCUT2D eigenvalue weighted by Gasteiger charge is -2.04. The molecule has 2 aromatic rings. The smallest absolute Gasteiger partial charge is 0.328 e. The number of carboxylic acid groups (broad SMARTS) is 1. The second kappa shape index (κ2) is 6.21. The Bertz CT molecular complexity index is 655. The van der Waals surface area contributed by atoms with Gasteiger partial charge in [0.2, 0.25) is 0 Å². The molecule has 0 saturated heterocycles. The molecule has 0 aromatic carbocycles. The topological polar surface area (TPSA) is 71.3 Å². The maximum absolute atomic E-state index is 11.9. The Morgan fingerprint density at radius 3 is 2.85 bits per heavy atom. The number of nitrogens with zero attached hydrogens (tertiary/aromatic N) is 1. The Balaban J connectivity index is 1.93. The molecule has 20 heavy (non-hydrogen) atoms. The molecule has 2 heterocycles. The van der Waals surface area contributed by atoms with E-state index in [1.165, 1.54) is 17.4 Å². The fourth-order valence-electron chi connectivity index (χ4n) is 1.69. The minimum atomic E-state index is -0.975. The average Bonchev–Trinajstić information content (AvgIpc) is 3.02. The maximum Gasteiger partial charge on any atom is 0.328 e. The van der Waals surface area contributed by atoms with Crippen LogP contribution in [0.2, 0.25) is 0 Å². The molecule has 0 aliphatic heterocycles. The molecule has 104 valence electrons. The van der Waals surface area contributed by atoms with Gasteiger partial charge in [0.1, 0.15) is 5.69 Å². The first-order chi connectivity index (χ1) is 9.56. The number of nitrogens with one attached hydrogen (secondary N) is 1. The molecule has 1 amide bonds. The van der Waals surface area contributed by atoms with Gasteiger partial charge in [0, 0.05) is 29.1 Å². The number of hydrogen-bond donors (Lipinski definition) is 2. The Morgan fingerprint density at radius 2 is 2.20 bits per heavy atom. The van der Waals surface area contributed by atoms with E-state index in [2.05, 4.69) is 5.32 Å². The number of thiophene rings is 1. The highest BCUT2D eigenvalue weighted by atomic mass is 32.1. The molecule has 0 bridgehead atoms. The van der Waals surface area contributed by atoms with Gasteiger partial charge >= 0.3 is 5.97 Å². The van der Waals surface area contributed by atoms with Gasteiger partial charge in [0.25, 0.3) is 5.91 Å². The van der Waals surface area contributed by atoms with E-state index < -0.39 is 5.97 Å². The number of rotatable bonds is 5. The first-order valence-electron chi connectivity index (χ1n) is 5.95. The van der Waals surface area contributed by atoms with Crippen LogP contribution in [0.15, 0.2) is 36.5 Å². The molecule has 0 atom stereocenters. The van der Waals surface area contributed by atoms with Crippen LogP contribution in [-0.4, -0.2) is 21.6 Å². The zero-order valence-corrected chi connectivity index (χ0v) is 11.7. The summed E-state index contributed by atoms with van der Waals surface area (Å²) >= 11 is 1.45. The van der Waals surface area contributed by atoms with Crippen molar-refractivity contribution in [2.75, 3.05) is 0 Å². The number of amides is 1. The van der Waals surface area contributed by atoms with Crippen LogP contribution in [0.1, 0.15) is 20.2 Å². The molecule has 0 unspecified atom stereocenters. The van der Waals surface area contributed by atoms with Gasteiger partial charge in [-0.05, 0) is 30.3 Å². The van der Waals surface area contributed by atoms with Crippen LogP contribution in [0.25, 0.3) is 6.08 Å². The number of aromatic nitrogens is 1. The summed E-state index contributed by atoms with van der Waals surface area (Å²) in [6, 6.07) is 7.27. The second-order valence-electron chi connectivity index (χ2n) is 4.16. The molecule has 2 rings (SSSR count). The zero-order chi connectivity index (χ0) is 14.5. The Hall–Kier alpha value is -2.34. The third-order valence-corrected chi connectivity index (χ3v) is 3.72. The maximum atomic E-state index is 11.9. The molecule has 2 N–H and O–H groups in total. The number of carboxylic acids is 1. The van der Waals surface area contributed by atoms with Crippen molar-refractivity contribution >= 4 is 29.3 Å². The van der Waals surface area contributed by atoms with Crippen LogP contribution in [-0.2, 0) is 18.4 Å². The predicted octanol–water partition coefficient (Wildman–Crippen LogP) is 2.11. The molecule has 0 saturated carbocycles. The molecule has 2 aromatic heterocycles. The average molecular weight is 290 g/mol. The molecule has 0 aliphatic rings. The van der Waals surface area contributed by atoms with Crippen molar-refractivity contribution in [2.45, 2.75) is 6.54 Å². The first kappa shape index (κ1) is 14.1. The highest BCUT2D eigenvalue weighted by Gasteiger charge is 2.08. The number of hydrogen-bond acceptors (Lipinski definition) is 3. The first-order valence-corrected chi connectivity index (χ1v) is 6.77. The van der Waals surface area contributed by atoms with Crippen molar-refractivity contribution in [3.8, 4) is 0 Å². The Labute approximate surface area is 120 Å². The van der Waals surface area contributed by atoms with Gasteiger partial charge < -0.3 is 15.0 Å². The minimum Gasteiger partial charge on any atom is -0.478 e. The van der Waals surface area contributed by atoms with Crippen molar-refractivity contribution < 1.29 is 14.7 Å². The molecule has 0 aliphatic carbocycles. The van der Waals surface area contributed by atoms with Crippen LogP contribution in [0.4, 0.5) is 0 Å². The summed E-state index contributed by atoms with van der Waals surface area (Å²) in [6.45, 7) is 0.426. The van der Waals surface area contributed by atoms with Crippen LogP contribution in [0.5, 0.6) is 0 Å². The van der Waals surface area contributed by atoms with E-state index in [-0.39, 0.29) is 5.91 Å². The number of aryl methyl sites for hydroxylation is 1. The summed E-state index contributed by atoms with van der Waals surface area (Å²) in [6.07, 6.45) is 4.45. The third kappa shape index (κ3) is 3.58. The minimum absolute atomic E-state index is 0.131. The van der Waals surface area contributed by atoms with Gasteiger partial charge in [-0.25, -0.2) is 4.79 Å². The predicted molar refractivity (Wildman–Crippen MR) is 77.6 cm³/mol. The van der Waals surface area contributed by atoms with Gasteiger partial charge in [0.05, 0.1) is 6.54 Å². The van der Waals surface area contributed by atoms with Gasteiger partial charge in [-0.1, -0.05) is 0 Å². The molecule has 0 radical (unpaired) electrons. The second-order valence-corrected chi connectivity index (χ2v) is 5.36. The van der Waals surface area contributed by atoms with E-state index in [9.17, 15) is 9.59 Å². The Kier molecular flexibility index (Phi) is 4.37. The number of carbonyl (C=O) groups is 2. The van der Waals surface area contributed by atoms with E-state index >= 15 is 0 Å². The monoisotopic (exact) mass is 290 g/mol. The van der Waals surface area contributed by atoms with E-state index in [0.29, 0.717) is 12.2 Å². The Morgan fingerprint density at radius 1 is 1.40 bits per heavy atom. The third-order valence-electron chi connectivity index (χ3n) is 2.67. The van der Waals surface area contributed by atoms with Gasteiger partial charge in [-0.2, -0.15) is 0 Å². The highest BCUT2D eigenvalue weighted by Crippen LogP contribution is 2.17. The van der Waals surface area contributed by atoms with Crippen molar-refractivity contribution in [2.24, 2.45) is 7.05 Å². The van der Waals surface area contributed by atoms with Crippen molar-refractivity contribution in [3.05, 3.63) is 52.0 Å². The lowest BCUT2D eigenvalue weighted by atomic mass is 10.3. The van der Waals surface area contributed by atoms with Gasteiger partial charge in [0.15, 0.2) is 0 Å². The lowest BCUT2D eigenvalue weighted by molar-refractivity contribution is -0.131. The van der Waals surface area contributed by atoms with Crippen molar-refractivity contribution in [1.29, 1.82) is 0 Å². The summed E-state index contributed by atoms with van der Waals surface area (Å²) in [5, 5.41) is 11.4. The molecular weight excluding hydrogens is 276 g/mol. The summed E-state index contributed by atoms with van der Waals surface area (Å²) in [5.41, 5.74) is 0.604. The molecule has 0 spiro atoms. The fourth-order valence-corrected chi connectivity index (χ4v) is 2.54. The van der Waals surface area contributed by atoms with E-state index in [4.69, 9.17) is 5.11 Å². The molecule has 5 nitrogen and oxygen atoms in total. The molecular formula is C14H14N2O3S. The van der Waals surface area contributed by atoms with E-state index in [1.54, 1.807) is 10.6 Å². The highest BCUT2D eigenvalue weighted by molar-refractivity contribution is 7.12. The van der Waals surface area contributed by atoms with Crippen LogP contribution >= 0.6 is 11.3 Å². The van der Waals surface area contributed by atoms with Crippen LogP contribution in [0, 0.1) is 0 Å². The fraction of sp³-hybridized carbons (Fsp3) is 0.143. The van der Waals surface area contributed by atoms with Crippen LogP contribution in [0.3, 0.4) is 0 Å². The SMILES string of the molecule is Cn1cccc1C(=O)NCc1ccc(C=CC(=O)O)s1. The standard InChI is InChI=1S/C14H14N2O3S/c1-16-8-2-3-12(16)14(19)15-9-11-5-4-10(20-11)6-7-13(17)18/h2-8H,9H2,1H3,(H,15,19)(H,17,18).